The van der Waals surface area contributed by atoms with Gasteiger partial charge in [-0.25, -0.2) is 9.18 Å². The van der Waals surface area contributed by atoms with E-state index in [1.165, 1.54) is 12.1 Å². The summed E-state index contributed by atoms with van der Waals surface area (Å²) in [5, 5.41) is 5.53. The van der Waals surface area contributed by atoms with Gasteiger partial charge < -0.3 is 15.5 Å². The Bertz CT molecular complexity index is 974. The van der Waals surface area contributed by atoms with Crippen LogP contribution >= 0.6 is 0 Å². The van der Waals surface area contributed by atoms with E-state index in [0.29, 0.717) is 18.7 Å². The molecule has 0 unspecified atom stereocenters. The smallest absolute Gasteiger partial charge is 0.319 e. The predicted octanol–water partition coefficient (Wildman–Crippen LogP) is 4.40. The first-order chi connectivity index (χ1) is 14.5. The maximum atomic E-state index is 12.9. The quantitative estimate of drug-likeness (QED) is 0.612. The molecule has 3 amide bonds. The molecule has 0 aliphatic carbocycles. The molecular weight excluding hydrogens is 381 g/mol. The van der Waals surface area contributed by atoms with Gasteiger partial charge in [0.05, 0.1) is 6.42 Å². The second-order valence-electron chi connectivity index (χ2n) is 6.92. The van der Waals surface area contributed by atoms with Gasteiger partial charge in [-0.05, 0) is 53.9 Å². The number of para-hydroxylation sites is 1. The minimum Gasteiger partial charge on any atom is -0.338 e. The van der Waals surface area contributed by atoms with Crippen LogP contribution in [0.4, 0.5) is 20.6 Å². The lowest BCUT2D eigenvalue weighted by atomic mass is 10.1. The third-order valence-corrected chi connectivity index (χ3v) is 4.70. The molecule has 0 bridgehead atoms. The minimum atomic E-state index is -0.315. The molecule has 0 aliphatic heterocycles. The Morgan fingerprint density at radius 1 is 0.867 bits per heavy atom. The zero-order valence-electron chi connectivity index (χ0n) is 16.8. The summed E-state index contributed by atoms with van der Waals surface area (Å²) >= 11 is 0. The van der Waals surface area contributed by atoms with E-state index >= 15 is 0 Å². The number of benzene rings is 3. The van der Waals surface area contributed by atoms with Crippen molar-refractivity contribution in [2.24, 2.45) is 0 Å². The van der Waals surface area contributed by atoms with Crippen molar-refractivity contribution in [3.8, 4) is 0 Å². The van der Waals surface area contributed by atoms with Gasteiger partial charge in [0.15, 0.2) is 0 Å². The number of amides is 3. The first kappa shape index (κ1) is 21.0. The molecule has 0 atom stereocenters. The highest BCUT2D eigenvalue weighted by atomic mass is 19.1. The Kier molecular flexibility index (Phi) is 7.16. The van der Waals surface area contributed by atoms with E-state index in [4.69, 9.17) is 0 Å². The van der Waals surface area contributed by atoms with E-state index in [-0.39, 0.29) is 24.2 Å². The lowest BCUT2D eigenvalue weighted by molar-refractivity contribution is -0.117. The van der Waals surface area contributed by atoms with Gasteiger partial charge in [0, 0.05) is 25.0 Å². The lowest BCUT2D eigenvalue weighted by Gasteiger charge is -2.17. The summed E-state index contributed by atoms with van der Waals surface area (Å²) in [6, 6.07) is 22.5. The number of carbonyl (C=O) groups is 2. The van der Waals surface area contributed by atoms with Gasteiger partial charge in [-0.15, -0.1) is 0 Å². The van der Waals surface area contributed by atoms with Gasteiger partial charge in [-0.3, -0.25) is 4.79 Å². The number of hydrogen-bond acceptors (Lipinski definition) is 2. The van der Waals surface area contributed by atoms with Gasteiger partial charge in [0.25, 0.3) is 0 Å². The van der Waals surface area contributed by atoms with Gasteiger partial charge in [0.2, 0.25) is 5.91 Å². The second kappa shape index (κ2) is 10.2. The SMILES string of the molecule is CN(C(=O)Cc1ccc(NC(=O)NCCc2ccc(F)cc2)cc1)c1ccccc1. The summed E-state index contributed by atoms with van der Waals surface area (Å²) in [5.41, 5.74) is 3.30. The molecule has 0 fully saturated rings. The molecule has 3 rings (SSSR count). The van der Waals surface area contributed by atoms with E-state index in [2.05, 4.69) is 10.6 Å². The number of nitrogens with zero attached hydrogens (tertiary/aromatic N) is 1. The van der Waals surface area contributed by atoms with Crippen molar-refractivity contribution in [1.82, 2.24) is 5.32 Å². The average molecular weight is 405 g/mol. The van der Waals surface area contributed by atoms with Crippen LogP contribution in [0.2, 0.25) is 0 Å². The fourth-order valence-corrected chi connectivity index (χ4v) is 2.94. The molecule has 0 spiro atoms. The summed E-state index contributed by atoms with van der Waals surface area (Å²) in [4.78, 5) is 26.1. The van der Waals surface area contributed by atoms with Crippen molar-refractivity contribution in [1.29, 1.82) is 0 Å². The van der Waals surface area contributed by atoms with Crippen LogP contribution in [0, 0.1) is 5.82 Å². The summed E-state index contributed by atoms with van der Waals surface area (Å²) in [6.45, 7) is 0.440. The van der Waals surface area contributed by atoms with Crippen molar-refractivity contribution in [3.05, 3.63) is 95.8 Å². The number of rotatable bonds is 7. The maximum Gasteiger partial charge on any atom is 0.319 e. The van der Waals surface area contributed by atoms with E-state index in [9.17, 15) is 14.0 Å². The number of hydrogen-bond donors (Lipinski definition) is 2. The first-order valence-corrected chi connectivity index (χ1v) is 9.71. The first-order valence-electron chi connectivity index (χ1n) is 9.71. The summed E-state index contributed by atoms with van der Waals surface area (Å²) in [5.74, 6) is -0.290. The van der Waals surface area contributed by atoms with Gasteiger partial charge in [0.1, 0.15) is 5.82 Å². The number of likely N-dealkylation sites (N-methyl/N-ethyl adjacent to an activating group) is 1. The molecule has 3 aromatic carbocycles. The van der Waals surface area contributed by atoms with Crippen molar-refractivity contribution >= 4 is 23.3 Å². The standard InChI is InChI=1S/C24H24FN3O2/c1-28(22-5-3-2-4-6-22)23(29)17-19-9-13-21(14-10-19)27-24(30)26-16-15-18-7-11-20(25)12-8-18/h2-14H,15-17H2,1H3,(H2,26,27,30). The molecule has 5 nitrogen and oxygen atoms in total. The van der Waals surface area contributed by atoms with E-state index in [1.54, 1.807) is 36.2 Å². The van der Waals surface area contributed by atoms with Crippen molar-refractivity contribution in [2.75, 3.05) is 23.8 Å². The molecule has 0 aromatic heterocycles. The van der Waals surface area contributed by atoms with Gasteiger partial charge in [-0.2, -0.15) is 0 Å². The van der Waals surface area contributed by atoms with E-state index < -0.39 is 0 Å². The number of nitrogens with one attached hydrogen (secondary N) is 2. The molecule has 3 aromatic rings. The van der Waals surface area contributed by atoms with Crippen LogP contribution in [-0.2, 0) is 17.6 Å². The highest BCUT2D eigenvalue weighted by molar-refractivity contribution is 5.94. The monoisotopic (exact) mass is 405 g/mol. The van der Waals surface area contributed by atoms with Crippen LogP contribution < -0.4 is 15.5 Å². The fourth-order valence-electron chi connectivity index (χ4n) is 2.94. The molecule has 2 N–H and O–H groups in total. The molecule has 0 heterocycles. The molecular formula is C24H24FN3O2. The van der Waals surface area contributed by atoms with Crippen molar-refractivity contribution < 1.29 is 14.0 Å². The van der Waals surface area contributed by atoms with E-state index in [0.717, 1.165) is 16.8 Å². The molecule has 30 heavy (non-hydrogen) atoms. The summed E-state index contributed by atoms with van der Waals surface area (Å²) < 4.78 is 12.9. The number of urea groups is 1. The third-order valence-electron chi connectivity index (χ3n) is 4.70. The van der Waals surface area contributed by atoms with Gasteiger partial charge in [-0.1, -0.05) is 42.5 Å². The highest BCUT2D eigenvalue weighted by Crippen LogP contribution is 2.15. The Morgan fingerprint density at radius 2 is 1.50 bits per heavy atom. The van der Waals surface area contributed by atoms with Crippen LogP contribution in [0.1, 0.15) is 11.1 Å². The van der Waals surface area contributed by atoms with Crippen LogP contribution in [0.25, 0.3) is 0 Å². The average Bonchev–Trinajstić information content (AvgIpc) is 2.76. The normalized spacial score (nSPS) is 10.3. The Labute approximate surface area is 175 Å². The zero-order valence-corrected chi connectivity index (χ0v) is 16.8. The lowest BCUT2D eigenvalue weighted by Crippen LogP contribution is -2.30. The van der Waals surface area contributed by atoms with Gasteiger partial charge >= 0.3 is 6.03 Å². The predicted molar refractivity (Wildman–Crippen MR) is 117 cm³/mol. The topological polar surface area (TPSA) is 61.4 Å². The largest absolute Gasteiger partial charge is 0.338 e. The Morgan fingerprint density at radius 3 is 2.17 bits per heavy atom. The molecule has 0 radical (unpaired) electrons. The van der Waals surface area contributed by atoms with Crippen LogP contribution in [-0.4, -0.2) is 25.5 Å². The maximum absolute atomic E-state index is 12.9. The van der Waals surface area contributed by atoms with Crippen LogP contribution in [0.5, 0.6) is 0 Å². The molecule has 6 heteroatoms. The zero-order chi connectivity index (χ0) is 21.3. The second-order valence-corrected chi connectivity index (χ2v) is 6.92. The molecule has 0 saturated carbocycles. The minimum absolute atomic E-state index is 0.0135. The van der Waals surface area contributed by atoms with Crippen LogP contribution in [0.15, 0.2) is 78.9 Å². The molecule has 0 aliphatic rings. The molecule has 154 valence electrons. The van der Waals surface area contributed by atoms with E-state index in [1.807, 2.05) is 42.5 Å². The summed E-state index contributed by atoms with van der Waals surface area (Å²) in [6.07, 6.45) is 0.888. The fraction of sp³-hybridized carbons (Fsp3) is 0.167. The number of halogens is 1. The van der Waals surface area contributed by atoms with Crippen molar-refractivity contribution in [3.63, 3.8) is 0 Å². The molecule has 0 saturated heterocycles. The van der Waals surface area contributed by atoms with Crippen molar-refractivity contribution in [2.45, 2.75) is 12.8 Å². The third kappa shape index (κ3) is 6.17. The number of anilines is 2. The number of carbonyl (C=O) groups excluding carboxylic acids is 2. The Hall–Kier alpha value is -3.67. The highest BCUT2D eigenvalue weighted by Gasteiger charge is 2.11. The van der Waals surface area contributed by atoms with Crippen LogP contribution in [0.3, 0.4) is 0 Å². The Balaban J connectivity index is 1.45. The summed E-state index contributed by atoms with van der Waals surface area (Å²) in [7, 11) is 1.75.